The number of pyridine rings is 1. The van der Waals surface area contributed by atoms with Gasteiger partial charge >= 0.3 is 0 Å². The molecule has 0 radical (unpaired) electrons. The topological polar surface area (TPSA) is 66.2 Å². The number of aryl methyl sites for hydroxylation is 2. The van der Waals surface area contributed by atoms with Gasteiger partial charge in [0.05, 0.1) is 35.0 Å². The molecule has 0 aliphatic carbocycles. The molecule has 0 saturated carbocycles. The Labute approximate surface area is 215 Å². The maximum absolute atomic E-state index is 14.0. The van der Waals surface area contributed by atoms with Crippen molar-refractivity contribution in [3.63, 3.8) is 0 Å². The Morgan fingerprint density at radius 3 is 2.14 bits per heavy atom. The number of para-hydroxylation sites is 2. The second kappa shape index (κ2) is 10.3. The van der Waals surface area contributed by atoms with Crippen LogP contribution < -0.4 is 9.64 Å². The van der Waals surface area contributed by atoms with Gasteiger partial charge in [-0.1, -0.05) is 48.2 Å². The highest BCUT2D eigenvalue weighted by molar-refractivity contribution is 8.00. The van der Waals surface area contributed by atoms with Gasteiger partial charge in [-0.05, 0) is 79.4 Å². The van der Waals surface area contributed by atoms with Crippen LogP contribution in [0.4, 0.5) is 11.4 Å². The Kier molecular flexibility index (Phi) is 6.75. The van der Waals surface area contributed by atoms with E-state index in [0.29, 0.717) is 10.6 Å². The van der Waals surface area contributed by atoms with E-state index in [1.807, 2.05) is 78.6 Å². The Morgan fingerprint density at radius 2 is 1.56 bits per heavy atom. The van der Waals surface area contributed by atoms with Gasteiger partial charge in [-0.25, -0.2) is 4.98 Å². The number of hydrogen-bond acceptors (Lipinski definition) is 5. The van der Waals surface area contributed by atoms with Crippen LogP contribution in [-0.4, -0.2) is 23.3 Å². The zero-order valence-electron chi connectivity index (χ0n) is 20.1. The van der Waals surface area contributed by atoms with Crippen LogP contribution in [0.2, 0.25) is 0 Å². The maximum atomic E-state index is 14.0. The number of carbonyl (C=O) groups excluding carboxylic acids is 1. The highest BCUT2D eigenvalue weighted by Gasteiger charge is 2.30. The standard InChI is InChI=1S/C30H25N3O2S/c1-20(36-29-24(19-31)15-18-26(32-29)21-13-16-25(35-2)17-14-21)30(34)33-27-9-5-3-7-22(27)11-12-23-8-4-6-10-28(23)33/h3-10,13-18,20H,11-12H2,1-2H3. The number of thioether (sulfide) groups is 1. The molecule has 5 rings (SSSR count). The number of fused-ring (bicyclic) bond motifs is 2. The fourth-order valence-electron chi connectivity index (χ4n) is 4.45. The van der Waals surface area contributed by atoms with Gasteiger partial charge in [0.1, 0.15) is 16.8 Å². The molecule has 5 nitrogen and oxygen atoms in total. The van der Waals surface area contributed by atoms with E-state index in [-0.39, 0.29) is 5.91 Å². The third kappa shape index (κ3) is 4.58. The summed E-state index contributed by atoms with van der Waals surface area (Å²) in [6.45, 7) is 1.88. The number of anilines is 2. The van der Waals surface area contributed by atoms with Crippen molar-refractivity contribution < 1.29 is 9.53 Å². The smallest absolute Gasteiger partial charge is 0.244 e. The van der Waals surface area contributed by atoms with Gasteiger partial charge in [-0.3, -0.25) is 9.69 Å². The third-order valence-corrected chi connectivity index (χ3v) is 7.44. The number of nitrogens with zero attached hydrogens (tertiary/aromatic N) is 3. The lowest BCUT2D eigenvalue weighted by atomic mass is 10.0. The van der Waals surface area contributed by atoms with Gasteiger partial charge < -0.3 is 4.74 Å². The van der Waals surface area contributed by atoms with E-state index >= 15 is 0 Å². The van der Waals surface area contributed by atoms with E-state index in [1.54, 1.807) is 13.2 Å². The second-order valence-electron chi connectivity index (χ2n) is 8.58. The predicted molar refractivity (Wildman–Crippen MR) is 144 cm³/mol. The molecule has 1 aromatic heterocycles. The third-order valence-electron chi connectivity index (χ3n) is 6.35. The van der Waals surface area contributed by atoms with Gasteiger partial charge in [-0.2, -0.15) is 5.26 Å². The van der Waals surface area contributed by atoms with Crippen molar-refractivity contribution >= 4 is 29.0 Å². The Balaban J connectivity index is 1.48. The summed E-state index contributed by atoms with van der Waals surface area (Å²) in [7, 11) is 1.63. The molecule has 6 heteroatoms. The Morgan fingerprint density at radius 1 is 0.944 bits per heavy atom. The van der Waals surface area contributed by atoms with E-state index in [2.05, 4.69) is 18.2 Å². The zero-order valence-corrected chi connectivity index (χ0v) is 21.0. The first-order valence-electron chi connectivity index (χ1n) is 11.8. The number of rotatable bonds is 5. The lowest BCUT2D eigenvalue weighted by molar-refractivity contribution is -0.117. The van der Waals surface area contributed by atoms with Crippen molar-refractivity contribution in [1.29, 1.82) is 5.26 Å². The highest BCUT2D eigenvalue weighted by Crippen LogP contribution is 2.38. The molecule has 1 aliphatic rings. The molecule has 2 heterocycles. The number of nitriles is 1. The van der Waals surface area contributed by atoms with Crippen LogP contribution in [0.5, 0.6) is 5.75 Å². The number of amides is 1. The molecule has 0 bridgehead atoms. The van der Waals surface area contributed by atoms with Crippen molar-refractivity contribution in [2.24, 2.45) is 0 Å². The van der Waals surface area contributed by atoms with Crippen LogP contribution in [0.1, 0.15) is 23.6 Å². The highest BCUT2D eigenvalue weighted by atomic mass is 32.2. The van der Waals surface area contributed by atoms with E-state index in [9.17, 15) is 10.1 Å². The normalized spacial score (nSPS) is 13.1. The molecule has 1 amide bonds. The van der Waals surface area contributed by atoms with Crippen LogP contribution in [-0.2, 0) is 17.6 Å². The van der Waals surface area contributed by atoms with Crippen molar-refractivity contribution in [3.8, 4) is 23.1 Å². The molecular weight excluding hydrogens is 466 g/mol. The van der Waals surface area contributed by atoms with Crippen LogP contribution >= 0.6 is 11.8 Å². The van der Waals surface area contributed by atoms with Crippen molar-refractivity contribution in [3.05, 3.63) is 102 Å². The van der Waals surface area contributed by atoms with Crippen LogP contribution in [0.15, 0.2) is 90.0 Å². The van der Waals surface area contributed by atoms with Gasteiger partial charge in [0, 0.05) is 5.56 Å². The molecule has 1 atom stereocenters. The molecule has 0 saturated heterocycles. The largest absolute Gasteiger partial charge is 0.497 e. The molecule has 36 heavy (non-hydrogen) atoms. The number of methoxy groups -OCH3 is 1. The molecular formula is C30H25N3O2S. The molecule has 1 unspecified atom stereocenters. The van der Waals surface area contributed by atoms with Crippen LogP contribution in [0.3, 0.4) is 0 Å². The summed E-state index contributed by atoms with van der Waals surface area (Å²) in [5.74, 6) is 0.724. The van der Waals surface area contributed by atoms with Crippen molar-refractivity contribution in [1.82, 2.24) is 4.98 Å². The van der Waals surface area contributed by atoms with E-state index in [4.69, 9.17) is 9.72 Å². The summed E-state index contributed by atoms with van der Waals surface area (Å²) in [5, 5.41) is 9.81. The molecule has 0 spiro atoms. The molecule has 4 aromatic rings. The molecule has 0 N–H and O–H groups in total. The molecule has 1 aliphatic heterocycles. The number of hydrogen-bond donors (Lipinski definition) is 0. The maximum Gasteiger partial charge on any atom is 0.244 e. The minimum atomic E-state index is -0.463. The predicted octanol–water partition coefficient (Wildman–Crippen LogP) is 6.57. The first-order valence-corrected chi connectivity index (χ1v) is 12.7. The summed E-state index contributed by atoms with van der Waals surface area (Å²) in [5.41, 5.74) is 6.24. The van der Waals surface area contributed by atoms with Crippen LogP contribution in [0, 0.1) is 11.3 Å². The van der Waals surface area contributed by atoms with E-state index < -0.39 is 5.25 Å². The minimum absolute atomic E-state index is 0.0395. The number of carbonyl (C=O) groups is 1. The number of aromatic nitrogens is 1. The zero-order chi connectivity index (χ0) is 25.1. The van der Waals surface area contributed by atoms with Gasteiger partial charge in [-0.15, -0.1) is 0 Å². The average molecular weight is 492 g/mol. The van der Waals surface area contributed by atoms with Gasteiger partial charge in [0.2, 0.25) is 5.91 Å². The SMILES string of the molecule is COc1ccc(-c2ccc(C#N)c(SC(C)C(=O)N3c4ccccc4CCc4ccccc43)n2)cc1. The van der Waals surface area contributed by atoms with Crippen molar-refractivity contribution in [2.75, 3.05) is 12.0 Å². The molecule has 178 valence electrons. The lowest BCUT2D eigenvalue weighted by Gasteiger charge is -2.27. The lowest BCUT2D eigenvalue weighted by Crippen LogP contribution is -2.33. The minimum Gasteiger partial charge on any atom is -0.497 e. The van der Waals surface area contributed by atoms with E-state index in [1.165, 1.54) is 11.8 Å². The molecule has 3 aromatic carbocycles. The number of ether oxygens (including phenoxy) is 1. The summed E-state index contributed by atoms with van der Waals surface area (Å²) in [6.07, 6.45) is 1.76. The summed E-state index contributed by atoms with van der Waals surface area (Å²) >= 11 is 1.32. The van der Waals surface area contributed by atoms with Crippen LogP contribution in [0.25, 0.3) is 11.3 Å². The monoisotopic (exact) mass is 491 g/mol. The Hall–Kier alpha value is -4.08. The summed E-state index contributed by atoms with van der Waals surface area (Å²) in [6, 6.07) is 29.6. The quantitative estimate of drug-likeness (QED) is 0.295. The average Bonchev–Trinajstić information content (AvgIpc) is 3.09. The summed E-state index contributed by atoms with van der Waals surface area (Å²) < 4.78 is 5.25. The second-order valence-corrected chi connectivity index (χ2v) is 9.91. The fraction of sp³-hybridized carbons (Fsp3) is 0.167. The molecule has 0 fully saturated rings. The Bertz CT molecular complexity index is 1410. The number of benzene rings is 3. The van der Waals surface area contributed by atoms with Crippen molar-refractivity contribution in [2.45, 2.75) is 30.0 Å². The van der Waals surface area contributed by atoms with Gasteiger partial charge in [0.25, 0.3) is 0 Å². The summed E-state index contributed by atoms with van der Waals surface area (Å²) in [4.78, 5) is 20.6. The van der Waals surface area contributed by atoms with E-state index in [0.717, 1.165) is 52.4 Å². The fourth-order valence-corrected chi connectivity index (χ4v) is 5.39. The first-order chi connectivity index (χ1) is 17.6. The van der Waals surface area contributed by atoms with Gasteiger partial charge in [0.15, 0.2) is 0 Å². The first kappa shape index (κ1) is 23.7.